The summed E-state index contributed by atoms with van der Waals surface area (Å²) in [5.74, 6) is 0.517. The number of carbonyl (C=O) groups excluding carboxylic acids is 1. The van der Waals surface area contributed by atoms with Crippen LogP contribution >= 0.6 is 15.9 Å². The van der Waals surface area contributed by atoms with Crippen molar-refractivity contribution in [1.82, 2.24) is 15.2 Å². The van der Waals surface area contributed by atoms with Gasteiger partial charge in [0.05, 0.1) is 12.2 Å². The highest BCUT2D eigenvalue weighted by atomic mass is 79.9. The third-order valence-electron chi connectivity index (χ3n) is 5.20. The Hall–Kier alpha value is -3.17. The number of oxazole rings is 1. The van der Waals surface area contributed by atoms with E-state index in [0.29, 0.717) is 30.5 Å². The first-order chi connectivity index (χ1) is 16.1. The van der Waals surface area contributed by atoms with Crippen molar-refractivity contribution in [3.8, 4) is 17.2 Å². The van der Waals surface area contributed by atoms with Gasteiger partial charge in [-0.1, -0.05) is 34.1 Å². The van der Waals surface area contributed by atoms with Gasteiger partial charge in [-0.15, -0.1) is 0 Å². The summed E-state index contributed by atoms with van der Waals surface area (Å²) in [5.41, 5.74) is 1.23. The Bertz CT molecular complexity index is 1160. The Kier molecular flexibility index (Phi) is 8.11. The number of carbonyl (C=O) groups is 2. The molecular weight excluding hydrogens is 502 g/mol. The van der Waals surface area contributed by atoms with Crippen molar-refractivity contribution in [3.05, 3.63) is 70.0 Å². The molecule has 3 rings (SSSR count). The van der Waals surface area contributed by atoms with Crippen molar-refractivity contribution in [2.24, 2.45) is 0 Å². The van der Waals surface area contributed by atoms with E-state index in [2.05, 4.69) is 26.2 Å². The lowest BCUT2D eigenvalue weighted by molar-refractivity contribution is -0.152. The average Bonchev–Trinajstić information content (AvgIpc) is 3.15. The number of rotatable bonds is 10. The molecule has 1 amide bonds. The average molecular weight is 530 g/mol. The van der Waals surface area contributed by atoms with E-state index in [1.54, 1.807) is 19.2 Å². The highest BCUT2D eigenvalue weighted by molar-refractivity contribution is 9.10. The molecule has 8 nitrogen and oxygen atoms in total. The van der Waals surface area contributed by atoms with Crippen molar-refractivity contribution >= 4 is 27.8 Å². The van der Waals surface area contributed by atoms with E-state index >= 15 is 0 Å². The lowest BCUT2D eigenvalue weighted by atomic mass is 10.1. The topological polar surface area (TPSA) is 105 Å². The second kappa shape index (κ2) is 10.8. The molecule has 0 bridgehead atoms. The van der Waals surface area contributed by atoms with E-state index in [1.807, 2.05) is 48.2 Å². The molecule has 34 heavy (non-hydrogen) atoms. The lowest BCUT2D eigenvalue weighted by Gasteiger charge is -2.23. The second-order valence-corrected chi connectivity index (χ2v) is 9.33. The summed E-state index contributed by atoms with van der Waals surface area (Å²) in [6.45, 7) is 5.93. The van der Waals surface area contributed by atoms with Gasteiger partial charge in [0.1, 0.15) is 11.5 Å². The molecule has 0 saturated carbocycles. The number of hydrogen-bond donors (Lipinski definition) is 2. The van der Waals surface area contributed by atoms with Crippen molar-refractivity contribution in [1.29, 1.82) is 0 Å². The number of aryl methyl sites for hydroxylation is 1. The van der Waals surface area contributed by atoms with Crippen LogP contribution in [0.3, 0.4) is 0 Å². The Labute approximate surface area is 207 Å². The Morgan fingerprint density at radius 3 is 2.50 bits per heavy atom. The normalized spacial score (nSPS) is 11.5. The zero-order valence-corrected chi connectivity index (χ0v) is 21.2. The number of amides is 1. The van der Waals surface area contributed by atoms with Gasteiger partial charge in [-0.05, 0) is 56.7 Å². The van der Waals surface area contributed by atoms with Crippen LogP contribution in [0.5, 0.6) is 5.75 Å². The van der Waals surface area contributed by atoms with Gasteiger partial charge in [0, 0.05) is 30.2 Å². The molecule has 0 aliphatic carbocycles. The summed E-state index contributed by atoms with van der Waals surface area (Å²) in [6, 6.07) is 14.9. The molecule has 1 heterocycles. The first-order valence-electron chi connectivity index (χ1n) is 10.7. The molecule has 9 heteroatoms. The van der Waals surface area contributed by atoms with Crippen LogP contribution in [-0.4, -0.2) is 46.1 Å². The van der Waals surface area contributed by atoms with Gasteiger partial charge in [0.2, 0.25) is 11.8 Å². The van der Waals surface area contributed by atoms with Gasteiger partial charge in [0.25, 0.3) is 0 Å². The SMILES string of the molecule is CNC(=O)CN(Cc1ccc(OC(C)(C)C(=O)O)cc1)Cc1nc(-c2cccc(Br)c2)oc1C. The molecule has 3 aromatic rings. The van der Waals surface area contributed by atoms with Crippen molar-refractivity contribution < 1.29 is 23.8 Å². The minimum atomic E-state index is -1.33. The molecule has 0 radical (unpaired) electrons. The van der Waals surface area contributed by atoms with E-state index in [-0.39, 0.29) is 12.5 Å². The number of aliphatic carboxylic acids is 1. The number of halogens is 1. The van der Waals surface area contributed by atoms with Crippen molar-refractivity contribution in [2.75, 3.05) is 13.6 Å². The van der Waals surface area contributed by atoms with Gasteiger partial charge in [0.15, 0.2) is 5.60 Å². The maximum Gasteiger partial charge on any atom is 0.347 e. The molecule has 0 spiro atoms. The zero-order chi connectivity index (χ0) is 24.9. The molecule has 0 aliphatic heterocycles. The van der Waals surface area contributed by atoms with Gasteiger partial charge in [-0.2, -0.15) is 0 Å². The van der Waals surface area contributed by atoms with E-state index in [1.165, 1.54) is 13.8 Å². The number of benzene rings is 2. The largest absolute Gasteiger partial charge is 0.478 e. The Balaban J connectivity index is 1.76. The fourth-order valence-corrected chi connectivity index (χ4v) is 3.64. The third kappa shape index (κ3) is 6.68. The number of likely N-dealkylation sites (N-methyl/N-ethyl adjacent to an activating group) is 1. The number of hydrogen-bond acceptors (Lipinski definition) is 6. The van der Waals surface area contributed by atoms with Crippen LogP contribution < -0.4 is 10.1 Å². The van der Waals surface area contributed by atoms with Crippen molar-refractivity contribution in [2.45, 2.75) is 39.5 Å². The summed E-state index contributed by atoms with van der Waals surface area (Å²) < 4.78 is 12.4. The fourth-order valence-electron chi connectivity index (χ4n) is 3.24. The number of nitrogens with zero attached hydrogens (tertiary/aromatic N) is 2. The summed E-state index contributed by atoms with van der Waals surface area (Å²) >= 11 is 3.47. The van der Waals surface area contributed by atoms with Gasteiger partial charge < -0.3 is 19.6 Å². The highest BCUT2D eigenvalue weighted by Gasteiger charge is 2.29. The quantitative estimate of drug-likeness (QED) is 0.400. The number of aromatic nitrogens is 1. The van der Waals surface area contributed by atoms with Crippen LogP contribution in [0.2, 0.25) is 0 Å². The zero-order valence-electron chi connectivity index (χ0n) is 19.6. The first kappa shape index (κ1) is 25.5. The molecule has 0 atom stereocenters. The predicted molar refractivity (Wildman–Crippen MR) is 131 cm³/mol. The van der Waals surface area contributed by atoms with E-state index in [9.17, 15) is 14.7 Å². The van der Waals surface area contributed by atoms with Crippen LogP contribution in [0, 0.1) is 6.92 Å². The monoisotopic (exact) mass is 529 g/mol. The maximum atomic E-state index is 12.1. The third-order valence-corrected chi connectivity index (χ3v) is 5.69. The molecule has 0 unspecified atom stereocenters. The summed E-state index contributed by atoms with van der Waals surface area (Å²) in [4.78, 5) is 30.1. The first-order valence-corrected chi connectivity index (χ1v) is 11.5. The minimum Gasteiger partial charge on any atom is -0.478 e. The Morgan fingerprint density at radius 1 is 1.18 bits per heavy atom. The molecule has 0 aliphatic rings. The second-order valence-electron chi connectivity index (χ2n) is 8.41. The lowest BCUT2D eigenvalue weighted by Crippen LogP contribution is -2.37. The molecule has 0 saturated heterocycles. The van der Waals surface area contributed by atoms with Gasteiger partial charge in [-0.25, -0.2) is 9.78 Å². The Morgan fingerprint density at radius 2 is 1.88 bits per heavy atom. The van der Waals surface area contributed by atoms with E-state index in [0.717, 1.165) is 21.3 Å². The molecule has 1 aromatic heterocycles. The standard InChI is InChI=1S/C25H28BrN3O5/c1-16-21(28-23(33-16)18-6-5-7-19(26)12-18)14-29(15-22(30)27-4)13-17-8-10-20(11-9-17)34-25(2,3)24(31)32/h5-12H,13-15H2,1-4H3,(H,27,30)(H,31,32). The van der Waals surface area contributed by atoms with Crippen LogP contribution in [0.1, 0.15) is 30.9 Å². The fraction of sp³-hybridized carbons (Fsp3) is 0.320. The smallest absolute Gasteiger partial charge is 0.347 e. The predicted octanol–water partition coefficient (Wildman–Crippen LogP) is 4.40. The van der Waals surface area contributed by atoms with Crippen LogP contribution in [0.25, 0.3) is 11.5 Å². The van der Waals surface area contributed by atoms with Crippen molar-refractivity contribution in [3.63, 3.8) is 0 Å². The summed E-state index contributed by atoms with van der Waals surface area (Å²) in [7, 11) is 1.60. The molecule has 180 valence electrons. The molecule has 2 aromatic carbocycles. The molecular formula is C25H28BrN3O5. The molecule has 0 fully saturated rings. The van der Waals surface area contributed by atoms with Gasteiger partial charge in [-0.3, -0.25) is 9.69 Å². The van der Waals surface area contributed by atoms with E-state index < -0.39 is 11.6 Å². The number of carboxylic acid groups (broad SMARTS) is 1. The van der Waals surface area contributed by atoms with E-state index in [4.69, 9.17) is 9.15 Å². The van der Waals surface area contributed by atoms with Gasteiger partial charge >= 0.3 is 5.97 Å². The summed E-state index contributed by atoms with van der Waals surface area (Å²) in [6.07, 6.45) is 0. The van der Waals surface area contributed by atoms with Crippen LogP contribution in [0.15, 0.2) is 57.4 Å². The number of carboxylic acids is 1. The minimum absolute atomic E-state index is 0.114. The van der Waals surface area contributed by atoms with Crippen LogP contribution in [0.4, 0.5) is 0 Å². The molecule has 2 N–H and O–H groups in total. The number of ether oxygens (including phenoxy) is 1. The maximum absolute atomic E-state index is 12.1. The van der Waals surface area contributed by atoms with Crippen LogP contribution in [-0.2, 0) is 22.7 Å². The summed E-state index contributed by atoms with van der Waals surface area (Å²) in [5, 5.41) is 11.9. The number of nitrogens with one attached hydrogen (secondary N) is 1. The highest BCUT2D eigenvalue weighted by Crippen LogP contribution is 2.26.